The van der Waals surface area contributed by atoms with E-state index >= 15 is 0 Å². The number of thiazole rings is 1. The Morgan fingerprint density at radius 1 is 1.15 bits per heavy atom. The molecule has 174 valence electrons. The number of rotatable bonds is 9. The second-order valence-electron chi connectivity index (χ2n) is 8.58. The van der Waals surface area contributed by atoms with Gasteiger partial charge in [0.15, 0.2) is 5.13 Å². The molecule has 1 N–H and O–H groups in total. The smallest absolute Gasteiger partial charge is 0.261 e. The molecular formula is C23H27N5O4S. The van der Waals surface area contributed by atoms with Crippen LogP contribution in [0.1, 0.15) is 38.4 Å². The van der Waals surface area contributed by atoms with Gasteiger partial charge in [0.1, 0.15) is 0 Å². The van der Waals surface area contributed by atoms with E-state index in [1.807, 2.05) is 14.1 Å². The van der Waals surface area contributed by atoms with E-state index in [1.165, 1.54) is 16.2 Å². The summed E-state index contributed by atoms with van der Waals surface area (Å²) in [6.07, 6.45) is 3.19. The Morgan fingerprint density at radius 2 is 1.85 bits per heavy atom. The lowest BCUT2D eigenvalue weighted by molar-refractivity contribution is -0.128. The fourth-order valence-corrected chi connectivity index (χ4v) is 4.90. The highest BCUT2D eigenvalue weighted by molar-refractivity contribution is 7.15. The number of nitrogens with zero attached hydrogens (tertiary/aromatic N) is 4. The topological polar surface area (TPSA) is 103 Å². The fourth-order valence-electron chi connectivity index (χ4n) is 4.09. The van der Waals surface area contributed by atoms with Crippen LogP contribution in [0, 0.1) is 5.92 Å². The van der Waals surface area contributed by atoms with Gasteiger partial charge in [0.2, 0.25) is 11.8 Å². The third-order valence-corrected chi connectivity index (χ3v) is 6.83. The summed E-state index contributed by atoms with van der Waals surface area (Å²) in [6, 6.07) is 6.80. The summed E-state index contributed by atoms with van der Waals surface area (Å²) in [5.41, 5.74) is 0.864. The molecular weight excluding hydrogens is 442 g/mol. The number of imide groups is 1. The van der Waals surface area contributed by atoms with Gasteiger partial charge in [-0.1, -0.05) is 12.1 Å². The standard InChI is InChI=1S/C23H27N5O4S/c1-26(2)9-5-10-27-14-15(12-19(27)29)20(30)25-23-24-13-16(33-23)8-11-28-21(31)17-6-3-4-7-18(17)22(28)32/h3-4,6-7,13,15H,5,8-12,14H2,1-2H3,(H,24,25,30). The summed E-state index contributed by atoms with van der Waals surface area (Å²) < 4.78 is 0. The molecule has 4 rings (SSSR count). The minimum absolute atomic E-state index is 0.00896. The van der Waals surface area contributed by atoms with Gasteiger partial charge in [-0.05, 0) is 39.2 Å². The van der Waals surface area contributed by atoms with E-state index in [0.29, 0.717) is 35.8 Å². The number of hydrogen-bond donors (Lipinski definition) is 1. The number of likely N-dealkylation sites (tertiary alicyclic amines) is 1. The van der Waals surface area contributed by atoms with Gasteiger partial charge in [0.05, 0.1) is 17.0 Å². The molecule has 2 aliphatic heterocycles. The zero-order valence-corrected chi connectivity index (χ0v) is 19.6. The van der Waals surface area contributed by atoms with Gasteiger partial charge >= 0.3 is 0 Å². The van der Waals surface area contributed by atoms with E-state index in [0.717, 1.165) is 17.8 Å². The van der Waals surface area contributed by atoms with E-state index < -0.39 is 0 Å². The van der Waals surface area contributed by atoms with Gasteiger partial charge in [-0.15, -0.1) is 11.3 Å². The highest BCUT2D eigenvalue weighted by atomic mass is 32.1. The molecule has 1 fully saturated rings. The number of anilines is 1. The Bertz CT molecular complexity index is 1050. The summed E-state index contributed by atoms with van der Waals surface area (Å²) in [6.45, 7) is 2.22. The van der Waals surface area contributed by atoms with Gasteiger partial charge in [0, 0.05) is 43.5 Å². The lowest BCUT2D eigenvalue weighted by Gasteiger charge is -2.17. The summed E-state index contributed by atoms with van der Waals surface area (Å²) in [7, 11) is 3.98. The van der Waals surface area contributed by atoms with Crippen LogP contribution in [0.4, 0.5) is 5.13 Å². The number of nitrogens with one attached hydrogen (secondary N) is 1. The van der Waals surface area contributed by atoms with Crippen molar-refractivity contribution in [1.29, 1.82) is 0 Å². The summed E-state index contributed by atoms with van der Waals surface area (Å²) in [4.78, 5) is 60.0. The summed E-state index contributed by atoms with van der Waals surface area (Å²) in [5.74, 6) is -1.15. The number of aromatic nitrogens is 1. The molecule has 0 saturated carbocycles. The maximum Gasteiger partial charge on any atom is 0.261 e. The molecule has 2 aliphatic rings. The first-order valence-corrected chi connectivity index (χ1v) is 11.8. The first-order valence-electron chi connectivity index (χ1n) is 11.0. The number of benzene rings is 1. The van der Waals surface area contributed by atoms with Crippen LogP contribution < -0.4 is 5.32 Å². The van der Waals surface area contributed by atoms with Crippen LogP contribution in [0.25, 0.3) is 0 Å². The molecule has 1 aromatic carbocycles. The Labute approximate surface area is 196 Å². The van der Waals surface area contributed by atoms with Crippen molar-refractivity contribution in [3.05, 3.63) is 46.5 Å². The maximum atomic E-state index is 12.6. The molecule has 0 radical (unpaired) electrons. The molecule has 9 nitrogen and oxygen atoms in total. The van der Waals surface area contributed by atoms with Crippen LogP contribution in [0.15, 0.2) is 30.5 Å². The predicted octanol–water partition coefficient (Wildman–Crippen LogP) is 1.72. The maximum absolute atomic E-state index is 12.6. The number of hydrogen-bond acceptors (Lipinski definition) is 7. The lowest BCUT2D eigenvalue weighted by Crippen LogP contribution is -2.31. The lowest BCUT2D eigenvalue weighted by atomic mass is 10.1. The average Bonchev–Trinajstić information content (AvgIpc) is 3.45. The molecule has 0 aliphatic carbocycles. The molecule has 1 aromatic heterocycles. The second-order valence-corrected chi connectivity index (χ2v) is 9.69. The van der Waals surface area contributed by atoms with Crippen molar-refractivity contribution < 1.29 is 19.2 Å². The van der Waals surface area contributed by atoms with Gasteiger partial charge in [-0.3, -0.25) is 24.1 Å². The van der Waals surface area contributed by atoms with Crippen LogP contribution in [-0.2, 0) is 16.0 Å². The Balaban J connectivity index is 1.27. The largest absolute Gasteiger partial charge is 0.342 e. The highest BCUT2D eigenvalue weighted by Gasteiger charge is 2.35. The number of carbonyl (C=O) groups excluding carboxylic acids is 4. The van der Waals surface area contributed by atoms with E-state index in [2.05, 4.69) is 15.2 Å². The molecule has 2 aromatic rings. The van der Waals surface area contributed by atoms with Crippen molar-refractivity contribution in [2.75, 3.05) is 45.6 Å². The summed E-state index contributed by atoms with van der Waals surface area (Å²) in [5, 5.41) is 3.27. The molecule has 0 bridgehead atoms. The van der Waals surface area contributed by atoms with Crippen LogP contribution in [-0.4, -0.2) is 83.6 Å². The third-order valence-electron chi connectivity index (χ3n) is 5.86. The highest BCUT2D eigenvalue weighted by Crippen LogP contribution is 2.25. The zero-order chi connectivity index (χ0) is 23.5. The Morgan fingerprint density at radius 3 is 2.52 bits per heavy atom. The molecule has 1 atom stereocenters. The molecule has 0 spiro atoms. The number of carbonyl (C=O) groups is 4. The van der Waals surface area contributed by atoms with Crippen molar-refractivity contribution in [3.8, 4) is 0 Å². The van der Waals surface area contributed by atoms with Gasteiger partial charge in [0.25, 0.3) is 11.8 Å². The minimum atomic E-state index is -0.387. The van der Waals surface area contributed by atoms with E-state index in [9.17, 15) is 19.2 Å². The Kier molecular flexibility index (Phi) is 6.85. The summed E-state index contributed by atoms with van der Waals surface area (Å²) >= 11 is 1.31. The van der Waals surface area contributed by atoms with E-state index in [4.69, 9.17) is 0 Å². The second kappa shape index (κ2) is 9.80. The van der Waals surface area contributed by atoms with Gasteiger partial charge < -0.3 is 15.1 Å². The van der Waals surface area contributed by atoms with Gasteiger partial charge in [-0.25, -0.2) is 4.98 Å². The minimum Gasteiger partial charge on any atom is -0.342 e. The molecule has 3 heterocycles. The van der Waals surface area contributed by atoms with E-state index in [1.54, 1.807) is 35.4 Å². The van der Waals surface area contributed by atoms with Crippen molar-refractivity contribution in [1.82, 2.24) is 19.7 Å². The van der Waals surface area contributed by atoms with Crippen LogP contribution in [0.5, 0.6) is 0 Å². The zero-order valence-electron chi connectivity index (χ0n) is 18.7. The number of amides is 4. The third kappa shape index (κ3) is 5.12. The monoisotopic (exact) mass is 469 g/mol. The number of fused-ring (bicyclic) bond motifs is 1. The van der Waals surface area contributed by atoms with Crippen molar-refractivity contribution >= 4 is 40.1 Å². The average molecular weight is 470 g/mol. The molecule has 33 heavy (non-hydrogen) atoms. The quantitative estimate of drug-likeness (QED) is 0.561. The molecule has 10 heteroatoms. The normalized spacial score (nSPS) is 17.9. The van der Waals surface area contributed by atoms with Crippen molar-refractivity contribution in [3.63, 3.8) is 0 Å². The van der Waals surface area contributed by atoms with Crippen molar-refractivity contribution in [2.45, 2.75) is 19.3 Å². The first-order chi connectivity index (χ1) is 15.8. The van der Waals surface area contributed by atoms with Crippen LogP contribution >= 0.6 is 11.3 Å². The van der Waals surface area contributed by atoms with E-state index in [-0.39, 0.29) is 42.5 Å². The predicted molar refractivity (Wildman–Crippen MR) is 124 cm³/mol. The van der Waals surface area contributed by atoms with Gasteiger partial charge in [-0.2, -0.15) is 0 Å². The first kappa shape index (κ1) is 23.1. The fraction of sp³-hybridized carbons (Fsp3) is 0.435. The Hall–Kier alpha value is -3.11. The van der Waals surface area contributed by atoms with Crippen LogP contribution in [0.3, 0.4) is 0 Å². The SMILES string of the molecule is CN(C)CCCN1CC(C(=O)Nc2ncc(CCN3C(=O)c4ccccc4C3=O)s2)CC1=O. The molecule has 4 amide bonds. The molecule has 1 unspecified atom stereocenters. The van der Waals surface area contributed by atoms with Crippen molar-refractivity contribution in [2.24, 2.45) is 5.92 Å². The van der Waals surface area contributed by atoms with Crippen LogP contribution in [0.2, 0.25) is 0 Å². The molecule has 1 saturated heterocycles.